The van der Waals surface area contributed by atoms with Gasteiger partial charge < -0.3 is 24.3 Å². The van der Waals surface area contributed by atoms with Crippen molar-refractivity contribution in [1.82, 2.24) is 5.32 Å². The normalized spacial score (nSPS) is 10.8. The van der Waals surface area contributed by atoms with Gasteiger partial charge >= 0.3 is 6.61 Å². The van der Waals surface area contributed by atoms with Crippen molar-refractivity contribution >= 4 is 12.0 Å². The summed E-state index contributed by atoms with van der Waals surface area (Å²) < 4.78 is 45.2. The maximum absolute atomic E-state index is 12.5. The summed E-state index contributed by atoms with van der Waals surface area (Å²) in [4.78, 5) is 12.1. The molecule has 8 heteroatoms. The van der Waals surface area contributed by atoms with Crippen LogP contribution in [-0.4, -0.2) is 33.3 Å². The molecule has 0 atom stereocenters. The minimum atomic E-state index is -2.95. The number of benzene rings is 2. The molecular weight excluding hydrogens is 384 g/mol. The molecule has 1 N–H and O–H groups in total. The van der Waals surface area contributed by atoms with E-state index in [0.717, 1.165) is 5.56 Å². The van der Waals surface area contributed by atoms with Crippen LogP contribution in [0.1, 0.15) is 18.1 Å². The number of methoxy groups -OCH3 is 2. The lowest BCUT2D eigenvalue weighted by atomic mass is 10.1. The van der Waals surface area contributed by atoms with E-state index in [-0.39, 0.29) is 30.6 Å². The van der Waals surface area contributed by atoms with Gasteiger partial charge in [-0.1, -0.05) is 18.2 Å². The van der Waals surface area contributed by atoms with Crippen molar-refractivity contribution in [2.24, 2.45) is 0 Å². The van der Waals surface area contributed by atoms with Gasteiger partial charge in [0.2, 0.25) is 5.91 Å². The molecule has 0 fully saturated rings. The summed E-state index contributed by atoms with van der Waals surface area (Å²) in [5, 5.41) is 2.76. The first-order valence-corrected chi connectivity index (χ1v) is 8.85. The zero-order valence-corrected chi connectivity index (χ0v) is 16.4. The molecule has 0 heterocycles. The van der Waals surface area contributed by atoms with E-state index in [9.17, 15) is 13.6 Å². The second kappa shape index (κ2) is 10.9. The third-order valence-electron chi connectivity index (χ3n) is 3.85. The molecule has 0 saturated carbocycles. The average molecular weight is 407 g/mol. The second-order valence-electron chi connectivity index (χ2n) is 5.72. The van der Waals surface area contributed by atoms with Crippen molar-refractivity contribution in [2.45, 2.75) is 20.1 Å². The molecule has 0 bridgehead atoms. The lowest BCUT2D eigenvalue weighted by Gasteiger charge is -2.12. The lowest BCUT2D eigenvalue weighted by molar-refractivity contribution is -0.116. The number of hydrogen-bond acceptors (Lipinski definition) is 5. The molecule has 0 radical (unpaired) electrons. The minimum absolute atomic E-state index is 0.0615. The van der Waals surface area contributed by atoms with Crippen LogP contribution in [0.15, 0.2) is 42.5 Å². The molecular formula is C21H23F2NO5. The predicted octanol–water partition coefficient (Wildman–Crippen LogP) is 4.03. The van der Waals surface area contributed by atoms with Crippen LogP contribution in [0.2, 0.25) is 0 Å². The Morgan fingerprint density at radius 2 is 1.90 bits per heavy atom. The Bertz CT molecular complexity index is 855. The Labute approximate surface area is 168 Å². The number of nitrogens with one attached hydrogen (secondary N) is 1. The van der Waals surface area contributed by atoms with Gasteiger partial charge in [0.1, 0.15) is 0 Å². The number of hydrogen-bond donors (Lipinski definition) is 1. The highest BCUT2D eigenvalue weighted by Gasteiger charge is 2.12. The number of halogens is 2. The van der Waals surface area contributed by atoms with Crippen molar-refractivity contribution in [3.8, 4) is 23.0 Å². The molecule has 6 nitrogen and oxygen atoms in total. The summed E-state index contributed by atoms with van der Waals surface area (Å²) in [6.07, 6.45) is 2.89. The summed E-state index contributed by atoms with van der Waals surface area (Å²) in [7, 11) is 3.07. The summed E-state index contributed by atoms with van der Waals surface area (Å²) in [6.45, 7) is -0.686. The number of carbonyl (C=O) groups excluding carboxylic acids is 1. The first-order valence-electron chi connectivity index (χ1n) is 8.85. The highest BCUT2D eigenvalue weighted by molar-refractivity contribution is 5.91. The SMILES string of the molecule is CCOc1cc(/C=C/C(=O)NCc2cccc(OC)c2OC)ccc1OC(F)F. The monoisotopic (exact) mass is 407 g/mol. The number of ether oxygens (including phenoxy) is 4. The fraction of sp³-hybridized carbons (Fsp3) is 0.286. The van der Waals surface area contributed by atoms with Gasteiger partial charge in [0, 0.05) is 18.2 Å². The van der Waals surface area contributed by atoms with E-state index in [2.05, 4.69) is 10.1 Å². The van der Waals surface area contributed by atoms with E-state index < -0.39 is 6.61 Å². The minimum Gasteiger partial charge on any atom is -0.493 e. The maximum Gasteiger partial charge on any atom is 0.387 e. The number of alkyl halides is 2. The molecule has 1 amide bonds. The van der Waals surface area contributed by atoms with Gasteiger partial charge in [0.25, 0.3) is 0 Å². The molecule has 2 rings (SSSR count). The summed E-state index contributed by atoms with van der Waals surface area (Å²) in [6, 6.07) is 9.83. The standard InChI is InChI=1S/C21H23F2NO5/c1-4-28-18-12-14(8-10-16(18)29-21(22)23)9-11-19(25)24-13-15-6-5-7-17(26-2)20(15)27-3/h5-12,21H,4,13H2,1-3H3,(H,24,25)/b11-9+. The zero-order valence-electron chi connectivity index (χ0n) is 16.4. The van der Waals surface area contributed by atoms with Crippen LogP contribution < -0.4 is 24.3 Å². The van der Waals surface area contributed by atoms with Crippen LogP contribution in [0, 0.1) is 0 Å². The quantitative estimate of drug-likeness (QED) is 0.603. The molecule has 0 aliphatic carbocycles. The van der Waals surface area contributed by atoms with Crippen LogP contribution in [0.5, 0.6) is 23.0 Å². The Kier molecular flexibility index (Phi) is 8.27. The smallest absolute Gasteiger partial charge is 0.387 e. The lowest BCUT2D eigenvalue weighted by Crippen LogP contribution is -2.20. The second-order valence-corrected chi connectivity index (χ2v) is 5.72. The summed E-state index contributed by atoms with van der Waals surface area (Å²) in [5.74, 6) is 0.908. The van der Waals surface area contributed by atoms with Crippen molar-refractivity contribution in [1.29, 1.82) is 0 Å². The molecule has 0 spiro atoms. The molecule has 2 aromatic rings. The molecule has 2 aromatic carbocycles. The number of para-hydroxylation sites is 1. The number of amides is 1. The topological polar surface area (TPSA) is 66.0 Å². The van der Waals surface area contributed by atoms with Gasteiger partial charge in [-0.25, -0.2) is 0 Å². The molecule has 29 heavy (non-hydrogen) atoms. The summed E-state index contributed by atoms with van der Waals surface area (Å²) in [5.41, 5.74) is 1.37. The van der Waals surface area contributed by atoms with Gasteiger partial charge in [-0.15, -0.1) is 0 Å². The third kappa shape index (κ3) is 6.38. The van der Waals surface area contributed by atoms with Crippen molar-refractivity contribution < 1.29 is 32.5 Å². The Balaban J connectivity index is 2.04. The fourth-order valence-electron chi connectivity index (χ4n) is 2.60. The first kappa shape index (κ1) is 22.0. The highest BCUT2D eigenvalue weighted by atomic mass is 19.3. The van der Waals surface area contributed by atoms with Gasteiger partial charge in [-0.05, 0) is 36.8 Å². The van der Waals surface area contributed by atoms with Crippen LogP contribution in [0.25, 0.3) is 6.08 Å². The van der Waals surface area contributed by atoms with Crippen molar-refractivity contribution in [3.63, 3.8) is 0 Å². The van der Waals surface area contributed by atoms with Crippen LogP contribution in [0.4, 0.5) is 8.78 Å². The molecule has 0 aromatic heterocycles. The largest absolute Gasteiger partial charge is 0.493 e. The van der Waals surface area contributed by atoms with Gasteiger partial charge in [-0.3, -0.25) is 4.79 Å². The molecule has 0 aliphatic heterocycles. The Hall–Kier alpha value is -3.29. The van der Waals surface area contributed by atoms with E-state index in [1.807, 2.05) is 6.07 Å². The van der Waals surface area contributed by atoms with Crippen LogP contribution in [0.3, 0.4) is 0 Å². The van der Waals surface area contributed by atoms with E-state index in [4.69, 9.17) is 14.2 Å². The number of carbonyl (C=O) groups is 1. The Morgan fingerprint density at radius 3 is 2.55 bits per heavy atom. The summed E-state index contributed by atoms with van der Waals surface area (Å²) >= 11 is 0. The van der Waals surface area contributed by atoms with Gasteiger partial charge in [-0.2, -0.15) is 8.78 Å². The van der Waals surface area contributed by atoms with Crippen LogP contribution >= 0.6 is 0 Å². The van der Waals surface area contributed by atoms with Crippen molar-refractivity contribution in [2.75, 3.05) is 20.8 Å². The molecule has 156 valence electrons. The zero-order chi connectivity index (χ0) is 21.2. The van der Waals surface area contributed by atoms with E-state index in [1.165, 1.54) is 32.4 Å². The van der Waals surface area contributed by atoms with E-state index in [1.54, 1.807) is 31.2 Å². The average Bonchev–Trinajstić information content (AvgIpc) is 2.71. The van der Waals surface area contributed by atoms with Gasteiger partial charge in [0.15, 0.2) is 23.0 Å². The molecule has 0 aliphatic rings. The third-order valence-corrected chi connectivity index (χ3v) is 3.85. The van der Waals surface area contributed by atoms with E-state index in [0.29, 0.717) is 17.1 Å². The maximum atomic E-state index is 12.5. The van der Waals surface area contributed by atoms with Gasteiger partial charge in [0.05, 0.1) is 20.8 Å². The first-order chi connectivity index (χ1) is 14.0. The Morgan fingerprint density at radius 1 is 1.10 bits per heavy atom. The molecule has 0 saturated heterocycles. The van der Waals surface area contributed by atoms with Crippen molar-refractivity contribution in [3.05, 3.63) is 53.6 Å². The predicted molar refractivity (Wildman–Crippen MR) is 105 cm³/mol. The van der Waals surface area contributed by atoms with E-state index >= 15 is 0 Å². The molecule has 0 unspecified atom stereocenters. The highest BCUT2D eigenvalue weighted by Crippen LogP contribution is 2.31. The fourth-order valence-corrected chi connectivity index (χ4v) is 2.60. The van der Waals surface area contributed by atoms with Crippen LogP contribution in [-0.2, 0) is 11.3 Å². The number of rotatable bonds is 10.